The molecule has 0 saturated carbocycles. The average molecular weight is 363 g/mol. The summed E-state index contributed by atoms with van der Waals surface area (Å²) in [6.45, 7) is 0. The molecule has 0 aliphatic heterocycles. The lowest BCUT2D eigenvalue weighted by Gasteiger charge is -2.21. The van der Waals surface area contributed by atoms with E-state index in [-0.39, 0.29) is 6.10 Å². The number of ether oxygens (including phenoxy) is 1. The van der Waals surface area contributed by atoms with Crippen LogP contribution in [0.2, 0.25) is 0 Å². The maximum Gasteiger partial charge on any atom is 0.152 e. The highest BCUT2D eigenvalue weighted by molar-refractivity contribution is 5.67. The van der Waals surface area contributed by atoms with Crippen molar-refractivity contribution in [3.05, 3.63) is 108 Å². The van der Waals surface area contributed by atoms with Crippen LogP contribution >= 0.6 is 0 Å². The van der Waals surface area contributed by atoms with Gasteiger partial charge in [0.1, 0.15) is 11.4 Å². The first-order valence-corrected chi connectivity index (χ1v) is 8.84. The van der Waals surface area contributed by atoms with Gasteiger partial charge in [0.05, 0.1) is 0 Å². The number of nitrogens with zero attached hydrogens (tertiary/aromatic N) is 3. The summed E-state index contributed by atoms with van der Waals surface area (Å²) in [7, 11) is 0. The van der Waals surface area contributed by atoms with Crippen LogP contribution in [0.1, 0.15) is 22.8 Å². The summed E-state index contributed by atoms with van der Waals surface area (Å²) in [5.74, 6) is 3.33. The van der Waals surface area contributed by atoms with Gasteiger partial charge in [-0.3, -0.25) is 15.0 Å². The van der Waals surface area contributed by atoms with Crippen molar-refractivity contribution in [3.63, 3.8) is 0 Å². The summed E-state index contributed by atoms with van der Waals surface area (Å²) in [5, 5.41) is 0. The first-order chi connectivity index (χ1) is 13.8. The second kappa shape index (κ2) is 8.15. The number of aromatic nitrogens is 3. The molecular formula is C24H17N3O. The van der Waals surface area contributed by atoms with Crippen LogP contribution in [0.25, 0.3) is 11.3 Å². The molecule has 3 aromatic heterocycles. The van der Waals surface area contributed by atoms with Gasteiger partial charge in [0.2, 0.25) is 0 Å². The smallest absolute Gasteiger partial charge is 0.152 e. The number of benzene rings is 1. The highest BCUT2D eigenvalue weighted by atomic mass is 16.5. The topological polar surface area (TPSA) is 47.9 Å². The summed E-state index contributed by atoms with van der Waals surface area (Å²) >= 11 is 0. The van der Waals surface area contributed by atoms with Crippen LogP contribution in [0.15, 0.2) is 91.6 Å². The SMILES string of the molecule is C#Cc1cccc(-c2ncccc2OC(c2cccnc2)c2cccnc2)c1. The molecule has 0 spiro atoms. The molecule has 0 aliphatic rings. The Morgan fingerprint density at radius 1 is 0.821 bits per heavy atom. The Morgan fingerprint density at radius 3 is 2.18 bits per heavy atom. The van der Waals surface area contributed by atoms with Crippen molar-refractivity contribution in [2.45, 2.75) is 6.10 Å². The van der Waals surface area contributed by atoms with Gasteiger partial charge < -0.3 is 4.74 Å². The van der Waals surface area contributed by atoms with E-state index in [1.165, 1.54) is 0 Å². The zero-order chi connectivity index (χ0) is 19.2. The Balaban J connectivity index is 1.77. The Kier molecular flexibility index (Phi) is 5.08. The van der Waals surface area contributed by atoms with Crippen LogP contribution in [0, 0.1) is 12.3 Å². The maximum absolute atomic E-state index is 6.45. The van der Waals surface area contributed by atoms with Crippen molar-refractivity contribution in [2.75, 3.05) is 0 Å². The second-order valence-electron chi connectivity index (χ2n) is 6.15. The summed E-state index contributed by atoms with van der Waals surface area (Å²) in [5.41, 5.74) is 4.30. The predicted molar refractivity (Wildman–Crippen MR) is 109 cm³/mol. The van der Waals surface area contributed by atoms with E-state index in [1.54, 1.807) is 31.0 Å². The van der Waals surface area contributed by atoms with E-state index in [1.807, 2.05) is 60.7 Å². The number of rotatable bonds is 5. The fourth-order valence-corrected chi connectivity index (χ4v) is 2.98. The lowest BCUT2D eigenvalue weighted by atomic mass is 10.0. The van der Waals surface area contributed by atoms with E-state index in [4.69, 9.17) is 11.2 Å². The van der Waals surface area contributed by atoms with Gasteiger partial charge in [0.25, 0.3) is 0 Å². The standard InChI is InChI=1S/C24H17N3O/c1-2-18-7-3-8-19(15-18)23-22(11-6-14-27-23)28-24(20-9-4-12-25-16-20)21-10-5-13-26-17-21/h1,3-17,24H. The molecule has 0 radical (unpaired) electrons. The minimum absolute atomic E-state index is 0.360. The van der Waals surface area contributed by atoms with E-state index in [9.17, 15) is 0 Å². The molecule has 134 valence electrons. The van der Waals surface area contributed by atoms with Gasteiger partial charge in [-0.15, -0.1) is 6.42 Å². The summed E-state index contributed by atoms with van der Waals surface area (Å²) in [4.78, 5) is 13.0. The molecule has 0 N–H and O–H groups in total. The zero-order valence-corrected chi connectivity index (χ0v) is 15.1. The Labute approximate surface area is 163 Å². The number of hydrogen-bond acceptors (Lipinski definition) is 4. The number of hydrogen-bond donors (Lipinski definition) is 0. The predicted octanol–water partition coefficient (Wildman–Crippen LogP) is 4.69. The molecule has 0 fully saturated rings. The van der Waals surface area contributed by atoms with Crippen LogP contribution in [0.5, 0.6) is 5.75 Å². The van der Waals surface area contributed by atoms with Gasteiger partial charge in [-0.1, -0.05) is 30.2 Å². The van der Waals surface area contributed by atoms with Crippen LogP contribution in [-0.2, 0) is 0 Å². The molecule has 4 heteroatoms. The highest BCUT2D eigenvalue weighted by Crippen LogP contribution is 2.34. The third kappa shape index (κ3) is 3.74. The quantitative estimate of drug-likeness (QED) is 0.483. The monoisotopic (exact) mass is 363 g/mol. The molecule has 4 rings (SSSR count). The van der Waals surface area contributed by atoms with Crippen LogP contribution in [0.4, 0.5) is 0 Å². The Morgan fingerprint density at radius 2 is 1.54 bits per heavy atom. The molecule has 4 aromatic rings. The van der Waals surface area contributed by atoms with Gasteiger partial charge in [-0.05, 0) is 36.4 Å². The minimum Gasteiger partial charge on any atom is -0.479 e. The van der Waals surface area contributed by atoms with Crippen molar-refractivity contribution in [2.24, 2.45) is 0 Å². The van der Waals surface area contributed by atoms with Gasteiger partial charge in [0.15, 0.2) is 6.10 Å². The Bertz CT molecular complexity index is 1070. The molecule has 28 heavy (non-hydrogen) atoms. The first-order valence-electron chi connectivity index (χ1n) is 8.84. The van der Waals surface area contributed by atoms with Gasteiger partial charge in [-0.25, -0.2) is 0 Å². The fourth-order valence-electron chi connectivity index (χ4n) is 2.98. The molecule has 0 saturated heterocycles. The van der Waals surface area contributed by atoms with Gasteiger partial charge >= 0.3 is 0 Å². The number of pyridine rings is 3. The molecular weight excluding hydrogens is 346 g/mol. The molecule has 3 heterocycles. The maximum atomic E-state index is 6.45. The molecule has 1 aromatic carbocycles. The third-order valence-electron chi connectivity index (χ3n) is 4.29. The lowest BCUT2D eigenvalue weighted by Crippen LogP contribution is -2.11. The van der Waals surface area contributed by atoms with Crippen molar-refractivity contribution >= 4 is 0 Å². The molecule has 0 amide bonds. The van der Waals surface area contributed by atoms with Crippen molar-refractivity contribution in [1.29, 1.82) is 0 Å². The zero-order valence-electron chi connectivity index (χ0n) is 15.1. The van der Waals surface area contributed by atoms with E-state index in [0.717, 1.165) is 27.9 Å². The van der Waals surface area contributed by atoms with E-state index < -0.39 is 0 Å². The molecule has 4 nitrogen and oxygen atoms in total. The first kappa shape index (κ1) is 17.4. The largest absolute Gasteiger partial charge is 0.479 e. The van der Waals surface area contributed by atoms with Crippen LogP contribution < -0.4 is 4.74 Å². The van der Waals surface area contributed by atoms with Gasteiger partial charge in [-0.2, -0.15) is 0 Å². The van der Waals surface area contributed by atoms with Crippen molar-refractivity contribution in [1.82, 2.24) is 15.0 Å². The normalized spacial score (nSPS) is 10.4. The fraction of sp³-hybridized carbons (Fsp3) is 0.0417. The van der Waals surface area contributed by atoms with Crippen molar-refractivity contribution in [3.8, 4) is 29.4 Å². The molecule has 0 atom stereocenters. The van der Waals surface area contributed by atoms with Crippen LogP contribution in [-0.4, -0.2) is 15.0 Å². The molecule has 0 unspecified atom stereocenters. The second-order valence-corrected chi connectivity index (χ2v) is 6.15. The van der Waals surface area contributed by atoms with Crippen LogP contribution in [0.3, 0.4) is 0 Å². The highest BCUT2D eigenvalue weighted by Gasteiger charge is 2.19. The average Bonchev–Trinajstić information content (AvgIpc) is 2.79. The van der Waals surface area contributed by atoms with E-state index in [0.29, 0.717) is 5.75 Å². The Hall–Kier alpha value is -3.97. The molecule has 0 bridgehead atoms. The summed E-state index contributed by atoms with van der Waals surface area (Å²) in [6, 6.07) is 19.2. The van der Waals surface area contributed by atoms with E-state index >= 15 is 0 Å². The third-order valence-corrected chi connectivity index (χ3v) is 4.29. The number of terminal acetylenes is 1. The lowest BCUT2D eigenvalue weighted by molar-refractivity contribution is 0.246. The summed E-state index contributed by atoms with van der Waals surface area (Å²) in [6.07, 6.45) is 14.0. The van der Waals surface area contributed by atoms with Gasteiger partial charge in [0, 0.05) is 53.2 Å². The van der Waals surface area contributed by atoms with E-state index in [2.05, 4.69) is 20.9 Å². The summed E-state index contributed by atoms with van der Waals surface area (Å²) < 4.78 is 6.45. The van der Waals surface area contributed by atoms with Crippen molar-refractivity contribution < 1.29 is 4.74 Å². The minimum atomic E-state index is -0.360. The molecule has 0 aliphatic carbocycles.